The van der Waals surface area contributed by atoms with Crippen molar-refractivity contribution in [3.63, 3.8) is 0 Å². The molecule has 2 saturated heterocycles. The van der Waals surface area contributed by atoms with Crippen LogP contribution in [0.1, 0.15) is 60.7 Å². The molecule has 9 heteroatoms. The maximum Gasteiger partial charge on any atom is 0.224 e. The summed E-state index contributed by atoms with van der Waals surface area (Å²) in [6, 6.07) is 8.49. The summed E-state index contributed by atoms with van der Waals surface area (Å²) in [5, 5.41) is 6.64. The van der Waals surface area contributed by atoms with E-state index in [1.807, 2.05) is 12.1 Å². The van der Waals surface area contributed by atoms with Gasteiger partial charge in [-0.05, 0) is 75.1 Å². The lowest BCUT2D eigenvalue weighted by Crippen LogP contribution is -2.38. The highest BCUT2D eigenvalue weighted by Gasteiger charge is 2.31. The second-order valence-corrected chi connectivity index (χ2v) is 10.8. The Morgan fingerprint density at radius 1 is 0.973 bits per heavy atom. The van der Waals surface area contributed by atoms with Crippen LogP contribution >= 0.6 is 11.6 Å². The highest BCUT2D eigenvalue weighted by Crippen LogP contribution is 2.39. The number of aryl methyl sites for hydroxylation is 2. The first-order valence-corrected chi connectivity index (χ1v) is 14.0. The molecule has 192 valence electrons. The Morgan fingerprint density at radius 2 is 1.84 bits per heavy atom. The van der Waals surface area contributed by atoms with Crippen molar-refractivity contribution in [2.45, 2.75) is 57.9 Å². The van der Waals surface area contributed by atoms with Gasteiger partial charge in [0.1, 0.15) is 11.6 Å². The molecule has 1 aliphatic carbocycles. The molecule has 0 N–H and O–H groups in total. The minimum Gasteiger partial charge on any atom is -0.378 e. The molecule has 2 aliphatic heterocycles. The molecular weight excluding hydrogens is 486 g/mol. The lowest BCUT2D eigenvalue weighted by Gasteiger charge is -2.36. The topological polar surface area (TPSA) is 71.7 Å². The van der Waals surface area contributed by atoms with Gasteiger partial charge in [-0.1, -0.05) is 12.1 Å². The molecule has 37 heavy (non-hydrogen) atoms. The van der Waals surface area contributed by atoms with Gasteiger partial charge in [0, 0.05) is 42.3 Å². The lowest BCUT2D eigenvalue weighted by molar-refractivity contribution is 0.122. The fourth-order valence-electron chi connectivity index (χ4n) is 6.41. The van der Waals surface area contributed by atoms with Crippen molar-refractivity contribution in [1.82, 2.24) is 24.6 Å². The number of benzene rings is 1. The van der Waals surface area contributed by atoms with Crippen LogP contribution in [0.3, 0.4) is 0 Å². The number of halogens is 1. The van der Waals surface area contributed by atoms with E-state index in [0.717, 1.165) is 98.6 Å². The Labute approximate surface area is 221 Å². The third-order valence-electron chi connectivity index (χ3n) is 8.18. The van der Waals surface area contributed by atoms with Crippen LogP contribution in [0.2, 0.25) is 5.28 Å². The number of nitrogens with zero attached hydrogens (tertiary/aromatic N) is 7. The van der Waals surface area contributed by atoms with Crippen molar-refractivity contribution in [2.75, 3.05) is 42.6 Å². The van der Waals surface area contributed by atoms with Gasteiger partial charge in [-0.15, -0.1) is 0 Å². The quantitative estimate of drug-likeness (QED) is 0.351. The summed E-state index contributed by atoms with van der Waals surface area (Å²) in [7, 11) is 0. The summed E-state index contributed by atoms with van der Waals surface area (Å²) < 4.78 is 7.80. The summed E-state index contributed by atoms with van der Waals surface area (Å²) in [5.74, 6) is 2.14. The molecule has 0 saturated carbocycles. The van der Waals surface area contributed by atoms with E-state index in [-0.39, 0.29) is 11.3 Å². The zero-order chi connectivity index (χ0) is 24.9. The van der Waals surface area contributed by atoms with Crippen molar-refractivity contribution >= 4 is 39.8 Å². The number of rotatable bonds is 3. The maximum absolute atomic E-state index is 6.44. The number of ether oxygens (including phenoxy) is 1. The summed E-state index contributed by atoms with van der Waals surface area (Å²) in [4.78, 5) is 19.3. The standard InChI is InChI=1S/C28H32ClN7O/c1-18-7-6-10-21-25(18)26(32-28(29)31-21)35-12-5-4-11-23(35)22-17-24-30-20-9-3-2-8-19(20)27(36(24)33-22)34-13-15-37-16-14-34/h6-7,10,17,23H,2-5,8-9,11-16H2,1H3. The van der Waals surface area contributed by atoms with Gasteiger partial charge in [-0.3, -0.25) is 0 Å². The third-order valence-corrected chi connectivity index (χ3v) is 8.35. The van der Waals surface area contributed by atoms with E-state index in [2.05, 4.69) is 38.4 Å². The van der Waals surface area contributed by atoms with E-state index in [1.165, 1.54) is 29.9 Å². The summed E-state index contributed by atoms with van der Waals surface area (Å²) in [6.45, 7) is 6.32. The van der Waals surface area contributed by atoms with Crippen molar-refractivity contribution in [3.8, 4) is 0 Å². The number of hydrogen-bond donors (Lipinski definition) is 0. The molecule has 8 nitrogen and oxygen atoms in total. The van der Waals surface area contributed by atoms with E-state index < -0.39 is 0 Å². The fourth-order valence-corrected chi connectivity index (χ4v) is 6.58. The van der Waals surface area contributed by atoms with E-state index >= 15 is 0 Å². The minimum absolute atomic E-state index is 0.110. The monoisotopic (exact) mass is 517 g/mol. The fraction of sp³-hybridized carbons (Fsp3) is 0.500. The Bertz CT molecular complexity index is 1480. The van der Waals surface area contributed by atoms with Gasteiger partial charge < -0.3 is 14.5 Å². The highest BCUT2D eigenvalue weighted by atomic mass is 35.5. The molecule has 0 spiro atoms. The minimum atomic E-state index is 0.110. The second kappa shape index (κ2) is 9.40. The molecule has 7 rings (SSSR count). The first kappa shape index (κ1) is 23.2. The predicted octanol–water partition coefficient (Wildman–Crippen LogP) is 5.08. The third kappa shape index (κ3) is 4.01. The number of hydrogen-bond acceptors (Lipinski definition) is 7. The Kier molecular flexibility index (Phi) is 5.89. The van der Waals surface area contributed by atoms with E-state index in [1.54, 1.807) is 0 Å². The van der Waals surface area contributed by atoms with Crippen molar-refractivity contribution < 1.29 is 4.74 Å². The molecule has 1 unspecified atom stereocenters. The molecule has 5 heterocycles. The molecule has 3 aromatic heterocycles. The number of piperidine rings is 1. The van der Waals surface area contributed by atoms with E-state index in [4.69, 9.17) is 31.4 Å². The molecule has 3 aliphatic rings. The first-order chi connectivity index (χ1) is 18.2. The smallest absolute Gasteiger partial charge is 0.224 e. The van der Waals surface area contributed by atoms with Crippen molar-refractivity contribution in [2.24, 2.45) is 0 Å². The molecule has 4 aromatic rings. The van der Waals surface area contributed by atoms with Gasteiger partial charge >= 0.3 is 0 Å². The SMILES string of the molecule is Cc1cccc2nc(Cl)nc(N3CCCCC3c3cc4nc5c(c(N6CCOCC6)n4n3)CCCC5)c12. The van der Waals surface area contributed by atoms with Crippen LogP contribution in [0.5, 0.6) is 0 Å². The van der Waals surface area contributed by atoms with Crippen LogP contribution in [0, 0.1) is 6.92 Å². The predicted molar refractivity (Wildman–Crippen MR) is 146 cm³/mol. The van der Waals surface area contributed by atoms with Crippen LogP contribution < -0.4 is 9.80 Å². The number of aromatic nitrogens is 5. The Balaban J connectivity index is 1.37. The van der Waals surface area contributed by atoms with Crippen molar-refractivity contribution in [3.05, 3.63) is 52.1 Å². The van der Waals surface area contributed by atoms with Gasteiger partial charge in [-0.25, -0.2) is 9.97 Å². The van der Waals surface area contributed by atoms with Gasteiger partial charge in [0.2, 0.25) is 5.28 Å². The van der Waals surface area contributed by atoms with Crippen LogP contribution in [0.25, 0.3) is 16.6 Å². The second-order valence-electron chi connectivity index (χ2n) is 10.5. The molecule has 0 amide bonds. The van der Waals surface area contributed by atoms with Gasteiger partial charge in [0.15, 0.2) is 5.65 Å². The summed E-state index contributed by atoms with van der Waals surface area (Å²) in [6.07, 6.45) is 7.82. The van der Waals surface area contributed by atoms with Crippen LogP contribution in [-0.4, -0.2) is 57.4 Å². The Hall–Kier alpha value is -2.97. The van der Waals surface area contributed by atoms with Gasteiger partial charge in [0.25, 0.3) is 0 Å². The normalized spacial score (nSPS) is 20.5. The molecule has 1 aromatic carbocycles. The molecular formula is C28H32ClN7O. The molecule has 2 fully saturated rings. The van der Waals surface area contributed by atoms with Crippen LogP contribution in [0.4, 0.5) is 11.6 Å². The molecule has 0 bridgehead atoms. The maximum atomic E-state index is 6.44. The van der Waals surface area contributed by atoms with Gasteiger partial charge in [0.05, 0.1) is 30.5 Å². The first-order valence-electron chi connectivity index (χ1n) is 13.6. The average molecular weight is 518 g/mol. The zero-order valence-electron chi connectivity index (χ0n) is 21.3. The summed E-state index contributed by atoms with van der Waals surface area (Å²) in [5.41, 5.74) is 6.67. The van der Waals surface area contributed by atoms with Gasteiger partial charge in [-0.2, -0.15) is 14.6 Å². The number of anilines is 2. The van der Waals surface area contributed by atoms with E-state index in [9.17, 15) is 0 Å². The van der Waals surface area contributed by atoms with Crippen molar-refractivity contribution in [1.29, 1.82) is 0 Å². The summed E-state index contributed by atoms with van der Waals surface area (Å²) >= 11 is 6.44. The highest BCUT2D eigenvalue weighted by molar-refractivity contribution is 6.28. The van der Waals surface area contributed by atoms with E-state index in [0.29, 0.717) is 0 Å². The van der Waals surface area contributed by atoms with Crippen LogP contribution in [0.15, 0.2) is 24.3 Å². The molecule has 1 atom stereocenters. The Morgan fingerprint density at radius 3 is 2.73 bits per heavy atom. The lowest BCUT2D eigenvalue weighted by atomic mass is 9.96. The zero-order valence-corrected chi connectivity index (χ0v) is 22.0. The number of fused-ring (bicyclic) bond motifs is 3. The average Bonchev–Trinajstić information content (AvgIpc) is 3.35. The largest absolute Gasteiger partial charge is 0.378 e. The number of morpholine rings is 1. The molecule has 0 radical (unpaired) electrons. The van der Waals surface area contributed by atoms with Crippen LogP contribution in [-0.2, 0) is 17.6 Å².